The lowest BCUT2D eigenvalue weighted by atomic mass is 9.87. The monoisotopic (exact) mass is 549 g/mol. The summed E-state index contributed by atoms with van der Waals surface area (Å²) >= 11 is 0. The number of hydrogen-bond acceptors (Lipinski definition) is 10. The van der Waals surface area contributed by atoms with Gasteiger partial charge in [0.05, 0.1) is 23.7 Å². The summed E-state index contributed by atoms with van der Waals surface area (Å²) in [6.45, 7) is 0. The van der Waals surface area contributed by atoms with Gasteiger partial charge in [-0.15, -0.1) is 0 Å². The predicted octanol–water partition coefficient (Wildman–Crippen LogP) is 1.43. The minimum atomic E-state index is -3.75. The number of aryl methyl sites for hydroxylation is 1. The van der Waals surface area contributed by atoms with Crippen LogP contribution in [0.2, 0.25) is 0 Å². The molecule has 4 N–H and O–H groups in total. The second-order valence-corrected chi connectivity index (χ2v) is 12.7. The number of aromatic amines is 1. The number of pyridine rings is 1. The Morgan fingerprint density at radius 2 is 1.90 bits per heavy atom. The summed E-state index contributed by atoms with van der Waals surface area (Å²) in [5, 5.41) is 21.0. The number of amides is 1. The molecule has 3 aliphatic rings. The molecule has 0 spiro atoms. The van der Waals surface area contributed by atoms with E-state index < -0.39 is 15.9 Å². The molecule has 4 aromatic heterocycles. The maximum atomic E-state index is 13.1. The van der Waals surface area contributed by atoms with E-state index in [-0.39, 0.29) is 40.4 Å². The number of carbonyl (C=O) groups excluding carboxylic acids is 1. The Hall–Kier alpha value is -3.91. The van der Waals surface area contributed by atoms with Crippen LogP contribution in [-0.4, -0.2) is 77.4 Å². The Balaban J connectivity index is 1.32. The molecular weight excluding hydrogens is 522 g/mol. The molecule has 2 aliphatic heterocycles. The SMILES string of the molecule is CS(=O)(=O)c1c(C2C[C@H]3CC[C@@H](C2)N3C(=O)c2ncn[nH]2)nc2c(-c3cnc4c(c3)CCC4O)cnn2c1N. The van der Waals surface area contributed by atoms with Gasteiger partial charge in [-0.05, 0) is 50.2 Å². The van der Waals surface area contributed by atoms with Crippen LogP contribution >= 0.6 is 0 Å². The zero-order chi connectivity index (χ0) is 27.1. The van der Waals surface area contributed by atoms with Crippen molar-refractivity contribution in [3.8, 4) is 11.1 Å². The van der Waals surface area contributed by atoms with Crippen LogP contribution in [0.1, 0.15) is 71.7 Å². The number of fused-ring (bicyclic) bond motifs is 4. The number of aliphatic hydroxyl groups excluding tert-OH is 1. The maximum Gasteiger partial charge on any atom is 0.291 e. The molecule has 2 unspecified atom stereocenters. The molecule has 13 nitrogen and oxygen atoms in total. The number of anilines is 1. The van der Waals surface area contributed by atoms with Crippen LogP contribution in [0.3, 0.4) is 0 Å². The molecule has 4 aromatic rings. The Morgan fingerprint density at radius 3 is 2.59 bits per heavy atom. The number of nitrogens with zero attached hydrogens (tertiary/aromatic N) is 7. The first kappa shape index (κ1) is 24.2. The third-order valence-corrected chi connectivity index (χ3v) is 9.48. The number of aliphatic hydroxyl groups is 1. The van der Waals surface area contributed by atoms with Crippen LogP contribution in [0.4, 0.5) is 5.82 Å². The van der Waals surface area contributed by atoms with Crippen LogP contribution < -0.4 is 5.73 Å². The summed E-state index contributed by atoms with van der Waals surface area (Å²) in [5.41, 5.74) is 10.5. The van der Waals surface area contributed by atoms with E-state index in [0.29, 0.717) is 41.9 Å². The van der Waals surface area contributed by atoms with E-state index in [0.717, 1.165) is 36.6 Å². The highest BCUT2D eigenvalue weighted by Crippen LogP contribution is 2.45. The number of nitrogens with one attached hydrogen (secondary N) is 1. The lowest BCUT2D eigenvalue weighted by Gasteiger charge is -2.38. The standard InChI is InChI=1S/C25H27N9O4S/c1-39(37,38)21-20(13-7-15-3-4-16(8-13)33(15)25(36)23-28-11-29-32-23)31-24-17(10-30-34(24)22(21)26)14-6-12-2-5-18(35)19(12)27-9-14/h6,9-11,13,15-16,18,35H,2-5,7-8,26H2,1H3,(H,28,29,32)/t13?,15-,16+,18?. The second-order valence-electron chi connectivity index (χ2n) is 10.7. The molecule has 0 saturated carbocycles. The van der Waals surface area contributed by atoms with Crippen molar-refractivity contribution in [2.75, 3.05) is 12.0 Å². The summed E-state index contributed by atoms with van der Waals surface area (Å²) in [5.74, 6) is -0.197. The number of H-pyrrole nitrogens is 1. The van der Waals surface area contributed by atoms with Crippen molar-refractivity contribution >= 4 is 27.2 Å². The minimum absolute atomic E-state index is 0.0146. The Kier molecular flexibility index (Phi) is 5.29. The Labute approximate surface area is 223 Å². The third-order valence-electron chi connectivity index (χ3n) is 8.32. The molecule has 2 saturated heterocycles. The topological polar surface area (TPSA) is 185 Å². The fourth-order valence-electron chi connectivity index (χ4n) is 6.64. The summed E-state index contributed by atoms with van der Waals surface area (Å²) in [6.07, 6.45) is 9.29. The average molecular weight is 550 g/mol. The van der Waals surface area contributed by atoms with E-state index in [2.05, 4.69) is 25.3 Å². The molecule has 4 atom stereocenters. The van der Waals surface area contributed by atoms with Gasteiger partial charge in [0.1, 0.15) is 17.0 Å². The molecule has 7 rings (SSSR count). The van der Waals surface area contributed by atoms with E-state index >= 15 is 0 Å². The normalized spacial score (nSPS) is 24.4. The van der Waals surface area contributed by atoms with Gasteiger partial charge in [0.25, 0.3) is 5.91 Å². The molecule has 1 amide bonds. The number of aromatic nitrogens is 7. The van der Waals surface area contributed by atoms with Crippen molar-refractivity contribution in [3.05, 3.63) is 47.6 Å². The van der Waals surface area contributed by atoms with E-state index in [1.54, 1.807) is 12.4 Å². The first-order chi connectivity index (χ1) is 18.7. The molecule has 39 heavy (non-hydrogen) atoms. The quantitative estimate of drug-likeness (QED) is 0.336. The number of sulfone groups is 1. The van der Waals surface area contributed by atoms with Crippen molar-refractivity contribution in [2.45, 2.75) is 67.5 Å². The Bertz CT molecular complexity index is 1720. The number of nitrogen functional groups attached to an aromatic ring is 1. The first-order valence-corrected chi connectivity index (χ1v) is 14.8. The smallest absolute Gasteiger partial charge is 0.291 e. The largest absolute Gasteiger partial charge is 0.387 e. The van der Waals surface area contributed by atoms with Gasteiger partial charge in [-0.25, -0.2) is 18.4 Å². The van der Waals surface area contributed by atoms with Gasteiger partial charge in [0, 0.05) is 41.6 Å². The highest BCUT2D eigenvalue weighted by molar-refractivity contribution is 7.91. The van der Waals surface area contributed by atoms with Crippen molar-refractivity contribution in [3.63, 3.8) is 0 Å². The number of rotatable bonds is 4. The van der Waals surface area contributed by atoms with Gasteiger partial charge in [-0.2, -0.15) is 14.7 Å². The predicted molar refractivity (Wildman–Crippen MR) is 138 cm³/mol. The average Bonchev–Trinajstić information content (AvgIpc) is 3.69. The van der Waals surface area contributed by atoms with Gasteiger partial charge < -0.3 is 15.7 Å². The van der Waals surface area contributed by atoms with Crippen LogP contribution in [0.15, 0.2) is 29.7 Å². The number of hydrogen-bond donors (Lipinski definition) is 3. The van der Waals surface area contributed by atoms with E-state index in [4.69, 9.17) is 10.7 Å². The molecule has 202 valence electrons. The van der Waals surface area contributed by atoms with Crippen molar-refractivity contribution in [1.29, 1.82) is 0 Å². The molecule has 0 radical (unpaired) electrons. The fourth-order valence-corrected chi connectivity index (χ4v) is 7.70. The van der Waals surface area contributed by atoms with Crippen LogP contribution in [0.5, 0.6) is 0 Å². The van der Waals surface area contributed by atoms with Crippen LogP contribution in [0, 0.1) is 0 Å². The zero-order valence-corrected chi connectivity index (χ0v) is 22.0. The van der Waals surface area contributed by atoms with Gasteiger partial charge in [-0.3, -0.25) is 14.9 Å². The molecule has 14 heteroatoms. The molecule has 1 aliphatic carbocycles. The van der Waals surface area contributed by atoms with E-state index in [9.17, 15) is 18.3 Å². The van der Waals surface area contributed by atoms with Crippen LogP contribution in [0.25, 0.3) is 16.8 Å². The summed E-state index contributed by atoms with van der Waals surface area (Å²) < 4.78 is 27.4. The third kappa shape index (κ3) is 3.72. The molecule has 0 aromatic carbocycles. The second kappa shape index (κ2) is 8.55. The van der Waals surface area contributed by atoms with Crippen molar-refractivity contribution < 1.29 is 18.3 Å². The zero-order valence-electron chi connectivity index (χ0n) is 21.1. The Morgan fingerprint density at radius 1 is 1.13 bits per heavy atom. The fraction of sp³-hybridized carbons (Fsp3) is 0.440. The number of piperidine rings is 1. The summed E-state index contributed by atoms with van der Waals surface area (Å²) in [7, 11) is -3.75. The highest BCUT2D eigenvalue weighted by atomic mass is 32.2. The number of carbonyl (C=O) groups is 1. The summed E-state index contributed by atoms with van der Waals surface area (Å²) in [6, 6.07) is 1.83. The molecule has 6 heterocycles. The molecule has 2 fully saturated rings. The lowest BCUT2D eigenvalue weighted by Crippen LogP contribution is -2.46. The molecule has 2 bridgehead atoms. The van der Waals surface area contributed by atoms with Crippen molar-refractivity contribution in [1.82, 2.24) is 39.7 Å². The van der Waals surface area contributed by atoms with E-state index in [1.165, 1.54) is 10.8 Å². The summed E-state index contributed by atoms with van der Waals surface area (Å²) in [4.78, 5) is 28.4. The van der Waals surface area contributed by atoms with Gasteiger partial charge in [0.2, 0.25) is 5.82 Å². The van der Waals surface area contributed by atoms with Crippen molar-refractivity contribution in [2.24, 2.45) is 0 Å². The van der Waals surface area contributed by atoms with Gasteiger partial charge in [-0.1, -0.05) is 0 Å². The van der Waals surface area contributed by atoms with Gasteiger partial charge in [0.15, 0.2) is 15.5 Å². The van der Waals surface area contributed by atoms with E-state index in [1.807, 2.05) is 11.0 Å². The van der Waals surface area contributed by atoms with Gasteiger partial charge >= 0.3 is 0 Å². The minimum Gasteiger partial charge on any atom is -0.387 e. The highest BCUT2D eigenvalue weighted by Gasteiger charge is 2.46. The lowest BCUT2D eigenvalue weighted by molar-refractivity contribution is 0.0556. The number of nitrogens with two attached hydrogens (primary N) is 1. The first-order valence-electron chi connectivity index (χ1n) is 12.9. The van der Waals surface area contributed by atoms with Crippen LogP contribution in [-0.2, 0) is 16.3 Å². The molecular formula is C25H27N9O4S. The maximum absolute atomic E-state index is 13.1.